The van der Waals surface area contributed by atoms with E-state index in [4.69, 9.17) is 65.2 Å². The number of hydrogen-bond acceptors (Lipinski definition) is 28. The van der Waals surface area contributed by atoms with Crippen LogP contribution in [0.2, 0.25) is 0 Å². The molecule has 0 amide bonds. The van der Waals surface area contributed by atoms with Crippen molar-refractivity contribution < 1.29 is 85.9 Å². The van der Waals surface area contributed by atoms with E-state index in [9.17, 15) is 62.2 Å². The Balaban J connectivity index is 0.000000129. The van der Waals surface area contributed by atoms with Crippen LogP contribution >= 0.6 is 0 Å². The fourth-order valence-electron chi connectivity index (χ4n) is 13.3. The molecule has 14 atom stereocenters. The number of anilines is 5. The number of carbonyl (C=O) groups excluding carboxylic acids is 2. The average Bonchev–Trinajstić information content (AvgIpc) is 1.63. The second-order valence-corrected chi connectivity index (χ2v) is 25.6. The first-order valence-corrected chi connectivity index (χ1v) is 32.0. The van der Waals surface area contributed by atoms with E-state index in [0.717, 1.165) is 12.5 Å². The third-order valence-electron chi connectivity index (χ3n) is 19.6. The van der Waals surface area contributed by atoms with Crippen LogP contribution in [0.25, 0.3) is 55.2 Å². The number of aliphatic hydroxyl groups excluding tert-OH is 6. The lowest BCUT2D eigenvalue weighted by atomic mass is 9.90. The van der Waals surface area contributed by atoms with Gasteiger partial charge in [0.25, 0.3) is 0 Å². The summed E-state index contributed by atoms with van der Waals surface area (Å²) in [5.41, 5.74) is 25.1. The van der Waals surface area contributed by atoms with Crippen molar-refractivity contribution in [3.63, 3.8) is 0 Å². The highest BCUT2D eigenvalue weighted by Gasteiger charge is 2.51. The van der Waals surface area contributed by atoms with Crippen molar-refractivity contribution in [2.75, 3.05) is 61.7 Å². The molecule has 15 rings (SSSR count). The molecule has 16 N–H and O–H groups in total. The molecule has 5 saturated heterocycles. The largest absolute Gasteiger partial charge is 0.393 e. The number of rotatable bonds is 12. The number of aromatic nitrogens is 15. The Morgan fingerprint density at radius 1 is 0.456 bits per heavy atom. The van der Waals surface area contributed by atoms with E-state index >= 15 is 0 Å². The molecule has 0 spiro atoms. The third-order valence-corrected chi connectivity index (χ3v) is 19.6. The molecule has 0 aromatic carbocycles. The highest BCUT2D eigenvalue weighted by atomic mass is 19.1. The summed E-state index contributed by atoms with van der Waals surface area (Å²) in [6.07, 6.45) is 22.6. The van der Waals surface area contributed by atoms with Crippen LogP contribution in [0, 0.1) is 77.4 Å². The topological polar surface area (TPSA) is 485 Å². The Morgan fingerprint density at radius 3 is 1.08 bits per heavy atom. The van der Waals surface area contributed by atoms with Crippen LogP contribution in [0.5, 0.6) is 0 Å². The van der Waals surface area contributed by atoms with Gasteiger partial charge in [-0.15, -0.1) is 12.8 Å². The van der Waals surface area contributed by atoms with E-state index in [1.165, 1.54) is 70.1 Å². The molecule has 0 aliphatic carbocycles. The van der Waals surface area contributed by atoms with Gasteiger partial charge in [-0.1, -0.05) is 39.5 Å². The number of nitrogens with two attached hydrogens (primary N) is 5. The number of halogens is 5. The third kappa shape index (κ3) is 13.1. The number of nitrogen functional groups attached to an aromatic ring is 5. The Labute approximate surface area is 580 Å². The summed E-state index contributed by atoms with van der Waals surface area (Å²) in [6, 6.07) is 0. The molecule has 10 aromatic heterocycles. The summed E-state index contributed by atoms with van der Waals surface area (Å²) in [4.78, 5) is 61.1. The van der Waals surface area contributed by atoms with Crippen molar-refractivity contribution >= 4 is 96.8 Å². The minimum absolute atomic E-state index is 0.0140. The zero-order valence-electron chi connectivity index (χ0n) is 55.5. The van der Waals surface area contributed by atoms with E-state index < -0.39 is 108 Å². The average molecular weight is 1440 g/mol. The van der Waals surface area contributed by atoms with Gasteiger partial charge in [-0.2, -0.15) is 0 Å². The van der Waals surface area contributed by atoms with Gasteiger partial charge in [0.1, 0.15) is 116 Å². The van der Waals surface area contributed by atoms with Gasteiger partial charge in [-0.05, 0) is 43.4 Å². The second-order valence-electron chi connectivity index (χ2n) is 25.6. The van der Waals surface area contributed by atoms with Gasteiger partial charge in [0.15, 0.2) is 80.4 Å². The fourth-order valence-corrected chi connectivity index (χ4v) is 13.3. The molecule has 0 unspecified atom stereocenters. The van der Waals surface area contributed by atoms with Gasteiger partial charge < -0.3 is 115 Å². The smallest absolute Gasteiger partial charge is 0.179 e. The van der Waals surface area contributed by atoms with Gasteiger partial charge in [0.2, 0.25) is 0 Å². The molecule has 33 nitrogen and oxygen atoms in total. The van der Waals surface area contributed by atoms with Gasteiger partial charge in [-0.3, -0.25) is 0 Å². The number of aldehydes is 2. The molecule has 5 fully saturated rings. The predicted octanol–water partition coefficient (Wildman–Crippen LogP) is 3.21. The summed E-state index contributed by atoms with van der Waals surface area (Å²) in [5.74, 6) is 2.12. The van der Waals surface area contributed by atoms with Crippen LogP contribution in [0.1, 0.15) is 90.9 Å². The van der Waals surface area contributed by atoms with Crippen LogP contribution < -0.4 is 28.7 Å². The Morgan fingerprint density at radius 2 is 0.786 bits per heavy atom. The van der Waals surface area contributed by atoms with E-state index in [-0.39, 0.29) is 112 Å². The summed E-state index contributed by atoms with van der Waals surface area (Å²) >= 11 is 0. The monoisotopic (exact) mass is 1440 g/mol. The van der Waals surface area contributed by atoms with Gasteiger partial charge in [0.05, 0.1) is 60.0 Å². The molecule has 15 heterocycles. The molecule has 5 aliphatic heterocycles. The minimum atomic E-state index is -1.50. The van der Waals surface area contributed by atoms with E-state index in [1.807, 2.05) is 20.8 Å². The standard InChI is InChI=1S/C14H15FN4O2.C13H17FN4O3.C13H15FN4O3.C13H13FN4O3.C12H13FN4O2/c1-3-14(6-20)8(2)4-10(21-14)19-5-9(15)11-12(16)17-7-18-13(11)19;2*1-7-2-9(21-13(7,4-19)5-20)18-3-8(14)10-11(15)16-6-17-12(10)18;1-2-13(5-19)8(20)3-9(21-13)18-4-7(14)10-11(15)16-6-17-12(10)18;1-6-2-9(19-8(6)4-18)17-3-7(13)10-11(14)15-5-16-12(10)17/h1,5,7-8,10,20H,4,6H2,2H3,(H2,16,17,18);3,6-7,9,19-20H,2,4-5H2,1H3,(H2,15,16,17);3-4,6-7,9,20H,2,5H2,1H3,(H2,15,16,17);1,4,6,8-9,19-20H,3,5H2,(H2,15,16,17);3-6,8-9H,2H2,1H3,(H2,14,15,16)/t8-,10+,14+;7-,9+;7-,9+,13+;8-,9+,13+;6-,8+,9+/m00000/s1. The van der Waals surface area contributed by atoms with E-state index in [2.05, 4.69) is 61.7 Å². The van der Waals surface area contributed by atoms with Crippen molar-refractivity contribution in [3.05, 3.63) is 91.7 Å². The lowest BCUT2D eigenvalue weighted by molar-refractivity contribution is -0.144. The van der Waals surface area contributed by atoms with Crippen molar-refractivity contribution in [2.45, 2.75) is 126 Å². The maximum atomic E-state index is 14.0. The summed E-state index contributed by atoms with van der Waals surface area (Å²) in [5, 5.41) is 58.0. The molecule has 0 bridgehead atoms. The van der Waals surface area contributed by atoms with Crippen molar-refractivity contribution in [1.29, 1.82) is 0 Å². The zero-order valence-corrected chi connectivity index (χ0v) is 55.5. The predicted molar refractivity (Wildman–Crippen MR) is 356 cm³/mol. The summed E-state index contributed by atoms with van der Waals surface area (Å²) in [6.45, 7) is 5.62. The van der Waals surface area contributed by atoms with Gasteiger partial charge in [-0.25, -0.2) is 71.8 Å². The normalized spacial score (nSPS) is 27.7. The quantitative estimate of drug-likeness (QED) is 0.0475. The molecule has 38 heteroatoms. The molecule has 0 saturated carbocycles. The first-order valence-electron chi connectivity index (χ1n) is 32.0. The van der Waals surface area contributed by atoms with E-state index in [1.54, 1.807) is 16.1 Å². The highest BCUT2D eigenvalue weighted by Crippen LogP contribution is 2.46. The number of nitrogens with zero attached hydrogens (tertiary/aromatic N) is 15. The number of ether oxygens (including phenoxy) is 5. The Hall–Kier alpha value is -10.2. The molecule has 5 aliphatic rings. The number of terminal acetylenes is 2. The molecule has 10 aromatic rings. The lowest BCUT2D eigenvalue weighted by Crippen LogP contribution is -2.42. The highest BCUT2D eigenvalue weighted by molar-refractivity contribution is 5.90. The van der Waals surface area contributed by atoms with Gasteiger partial charge >= 0.3 is 0 Å². The van der Waals surface area contributed by atoms with Crippen molar-refractivity contribution in [2.24, 2.45) is 23.7 Å². The zero-order chi connectivity index (χ0) is 74.4. The number of aliphatic hydroxyl groups is 6. The van der Waals surface area contributed by atoms with E-state index in [0.29, 0.717) is 54.6 Å². The summed E-state index contributed by atoms with van der Waals surface area (Å²) < 4.78 is 106. The lowest BCUT2D eigenvalue weighted by Gasteiger charge is -2.28. The van der Waals surface area contributed by atoms with Gasteiger partial charge in [0, 0.05) is 43.3 Å². The number of fused-ring (bicyclic) bond motifs is 5. The Bertz CT molecular complexity index is 4760. The number of hydrogen-bond donors (Lipinski definition) is 11. The van der Waals surface area contributed by atoms with Crippen molar-refractivity contribution in [3.8, 4) is 24.7 Å². The van der Waals surface area contributed by atoms with Crippen LogP contribution in [0.4, 0.5) is 51.0 Å². The second kappa shape index (κ2) is 29.3. The van der Waals surface area contributed by atoms with Crippen LogP contribution in [0.15, 0.2) is 62.6 Å². The van der Waals surface area contributed by atoms with Crippen molar-refractivity contribution in [1.82, 2.24) is 72.7 Å². The fraction of sp³-hybridized carbons (Fsp3) is 0.446. The maximum absolute atomic E-state index is 14.0. The minimum Gasteiger partial charge on any atom is -0.393 e. The first-order chi connectivity index (χ1) is 49.2. The summed E-state index contributed by atoms with van der Waals surface area (Å²) in [7, 11) is 0. The molecule has 546 valence electrons. The molecular formula is C65H73F5N20O13. The SMILES string of the molecule is C#C[C@]1(CO)O[C@@H](n2cc(F)c3c(N)ncnc32)C[C@@H]1C.C#C[C@]1(CO)O[C@@H](n2cc(F)c3c(N)ncnc32)C[C@@H]1O.C[C@H]1C[C@H](n2cc(F)c3c(N)ncnc32)OC1(CO)CO.C[C@H]1C[C@H](n2cc(F)c3c(N)ncnc32)O[C@@H]1C=O.C[C@H]1C[C@H](n2cc(F)c3c(N)ncnc32)O[C@]1(C=O)CO. The van der Waals surface area contributed by atoms with Crippen LogP contribution in [-0.4, -0.2) is 184 Å². The number of carbonyl (C=O) groups is 2. The first kappa shape index (κ1) is 74.0. The van der Waals surface area contributed by atoms with Crippen LogP contribution in [-0.2, 0) is 33.3 Å². The van der Waals surface area contributed by atoms with Crippen LogP contribution in [0.3, 0.4) is 0 Å². The molecule has 0 radical (unpaired) electrons. The molecular weight excluding hydrogens is 1360 g/mol. The molecule has 103 heavy (non-hydrogen) atoms. The maximum Gasteiger partial charge on any atom is 0.179 e. The Kier molecular flexibility index (Phi) is 21.0.